The van der Waals surface area contributed by atoms with Gasteiger partial charge in [0.25, 0.3) is 0 Å². The standard InChI is InChI=1S/C63H36N4OS2.C63H38N4OS/c1-3-14-37(15-4-1)61-64-62(40-27-31-51-48(35-40)43-18-7-10-22-50(43)67(51)41-16-5-2-6-17-41)66-63(65-61)47-21-13-23-53-59(47)49-34-39(28-32-52(49)68-53)58-42(30-33-56-60(58)46-20-9-12-25-55(46)69-56)38-26-29-45-44-19-8-11-24-54(44)70-57(45)36-38;1-3-16-39(17-4-1)41-20-13-22-44(36-41)61-64-62(45-23-14-21-42(37-45)40-18-5-2-6-19-40)66-63(65-61)49-27-15-30-55-59(49)50-38-43(32-34-54(50)68-55)58-53(33-35-57-60(58)48-26-9-12-31-56(48)69-57)67-51-28-10-7-24-46(51)47-25-8-11-29-52(47)67/h1-36H;1-38H. The van der Waals surface area contributed by atoms with E-state index in [-0.39, 0.29) is 0 Å². The van der Waals surface area contributed by atoms with Gasteiger partial charge < -0.3 is 18.0 Å². The molecule has 0 unspecified atom stereocenters. The summed E-state index contributed by atoms with van der Waals surface area (Å²) in [5.74, 6) is 3.54. The van der Waals surface area contributed by atoms with Gasteiger partial charge in [-0.3, -0.25) is 0 Å². The second-order valence-corrected chi connectivity index (χ2v) is 38.6. The minimum Gasteiger partial charge on any atom is -0.456 e. The van der Waals surface area contributed by atoms with Crippen LogP contribution in [0.2, 0.25) is 0 Å². The van der Waals surface area contributed by atoms with Gasteiger partial charge in [0.1, 0.15) is 22.3 Å². The van der Waals surface area contributed by atoms with E-state index in [1.54, 1.807) is 0 Å². The van der Waals surface area contributed by atoms with E-state index in [1.807, 2.05) is 88.6 Å². The van der Waals surface area contributed by atoms with Gasteiger partial charge in [-0.25, -0.2) is 29.9 Å². The molecule has 0 atom stereocenters. The number of furan rings is 2. The molecule has 0 saturated heterocycles. The summed E-state index contributed by atoms with van der Waals surface area (Å²) in [6, 6.07) is 159. The first kappa shape index (κ1) is 79.8. The lowest BCUT2D eigenvalue weighted by atomic mass is 9.89. The maximum atomic E-state index is 6.75. The summed E-state index contributed by atoms with van der Waals surface area (Å²) >= 11 is 5.54. The predicted octanol–water partition coefficient (Wildman–Crippen LogP) is 35.2. The minimum atomic E-state index is 0.570. The molecule has 0 aliphatic heterocycles. The highest BCUT2D eigenvalue weighted by molar-refractivity contribution is 7.26. The summed E-state index contributed by atoms with van der Waals surface area (Å²) in [6.45, 7) is 0. The Hall–Kier alpha value is -17.7. The number of thiophene rings is 3. The van der Waals surface area contributed by atoms with Gasteiger partial charge in [0.05, 0.1) is 27.8 Å². The molecule has 0 fully saturated rings. The molecule has 13 heteroatoms. The highest BCUT2D eigenvalue weighted by Crippen LogP contribution is 2.52. The smallest absolute Gasteiger partial charge is 0.164 e. The molecular formula is C126H74N8O2S3. The second kappa shape index (κ2) is 32.6. The van der Waals surface area contributed by atoms with Crippen LogP contribution < -0.4 is 0 Å². The van der Waals surface area contributed by atoms with Crippen LogP contribution in [0.5, 0.6) is 0 Å². The molecule has 0 N–H and O–H groups in total. The first-order chi connectivity index (χ1) is 68.9. The molecule has 139 heavy (non-hydrogen) atoms. The van der Waals surface area contributed by atoms with E-state index >= 15 is 0 Å². The Kier molecular flexibility index (Phi) is 18.7. The van der Waals surface area contributed by atoms with Crippen LogP contribution in [0.25, 0.3) is 283 Å². The molecule has 0 aliphatic carbocycles. The van der Waals surface area contributed by atoms with Crippen LogP contribution in [0.3, 0.4) is 0 Å². The average molecular weight is 1830 g/mol. The number of para-hydroxylation sites is 4. The molecule has 0 saturated carbocycles. The molecule has 648 valence electrons. The summed E-state index contributed by atoms with van der Waals surface area (Å²) in [5, 5.41) is 16.3. The zero-order valence-corrected chi connectivity index (χ0v) is 76.8. The number of hydrogen-bond acceptors (Lipinski definition) is 11. The predicted molar refractivity (Wildman–Crippen MR) is 581 cm³/mol. The average Bonchev–Trinajstić information content (AvgIpc) is 1.57. The Morgan fingerprint density at radius 3 is 1.10 bits per heavy atom. The quantitative estimate of drug-likeness (QED) is 0.112. The van der Waals surface area contributed by atoms with Gasteiger partial charge in [-0.15, -0.1) is 34.0 Å². The Morgan fingerprint density at radius 2 is 0.547 bits per heavy atom. The van der Waals surface area contributed by atoms with Crippen LogP contribution in [-0.4, -0.2) is 39.0 Å². The largest absolute Gasteiger partial charge is 0.456 e. The summed E-state index contributed by atoms with van der Waals surface area (Å²) in [7, 11) is 0. The molecule has 29 aromatic rings. The Bertz CT molecular complexity index is 9910. The number of benzene rings is 20. The number of hydrogen-bond donors (Lipinski definition) is 0. The van der Waals surface area contributed by atoms with E-state index in [9.17, 15) is 0 Å². The van der Waals surface area contributed by atoms with Crippen LogP contribution in [0.4, 0.5) is 0 Å². The molecule has 10 nitrogen and oxygen atoms in total. The van der Waals surface area contributed by atoms with Crippen molar-refractivity contribution in [3.63, 3.8) is 0 Å². The zero-order valence-electron chi connectivity index (χ0n) is 74.3. The fraction of sp³-hybridized carbons (Fsp3) is 0. The fourth-order valence-corrected chi connectivity index (χ4v) is 24.4. The summed E-state index contributed by atoms with van der Waals surface area (Å²) in [6.07, 6.45) is 0. The summed E-state index contributed by atoms with van der Waals surface area (Å²) in [4.78, 5) is 31.7. The van der Waals surface area contributed by atoms with Crippen molar-refractivity contribution in [2.75, 3.05) is 0 Å². The van der Waals surface area contributed by atoms with E-state index < -0.39 is 0 Å². The summed E-state index contributed by atoms with van der Waals surface area (Å²) in [5.41, 5.74) is 26.8. The van der Waals surface area contributed by atoms with Crippen LogP contribution in [0.15, 0.2) is 458 Å². The Labute approximate surface area is 807 Å². The summed E-state index contributed by atoms with van der Waals surface area (Å²) < 4.78 is 25.9. The topological polar surface area (TPSA) is 113 Å². The molecule has 9 heterocycles. The van der Waals surface area contributed by atoms with Crippen molar-refractivity contribution >= 4 is 182 Å². The Morgan fingerprint density at radius 1 is 0.173 bits per heavy atom. The molecule has 0 radical (unpaired) electrons. The first-order valence-electron chi connectivity index (χ1n) is 46.6. The lowest BCUT2D eigenvalue weighted by molar-refractivity contribution is 0.668. The lowest BCUT2D eigenvalue weighted by Crippen LogP contribution is -2.01. The van der Waals surface area contributed by atoms with Gasteiger partial charge in [0.15, 0.2) is 34.9 Å². The highest BCUT2D eigenvalue weighted by atomic mass is 32.1. The van der Waals surface area contributed by atoms with Crippen LogP contribution in [-0.2, 0) is 0 Å². The van der Waals surface area contributed by atoms with Crippen molar-refractivity contribution in [3.8, 4) is 135 Å². The van der Waals surface area contributed by atoms with Crippen molar-refractivity contribution in [2.24, 2.45) is 0 Å². The number of rotatable bonds is 13. The van der Waals surface area contributed by atoms with Crippen LogP contribution in [0.1, 0.15) is 0 Å². The van der Waals surface area contributed by atoms with Crippen LogP contribution in [0, 0.1) is 0 Å². The molecule has 9 aromatic heterocycles. The maximum absolute atomic E-state index is 6.75. The second-order valence-electron chi connectivity index (χ2n) is 35.3. The number of aromatic nitrogens is 8. The molecule has 0 spiro atoms. The van der Waals surface area contributed by atoms with E-state index in [0.29, 0.717) is 34.9 Å². The Balaban J connectivity index is 0.000000137. The van der Waals surface area contributed by atoms with E-state index in [0.717, 1.165) is 138 Å². The van der Waals surface area contributed by atoms with Gasteiger partial charge in [-0.1, -0.05) is 309 Å². The first-order valence-corrected chi connectivity index (χ1v) is 49.0. The number of nitrogens with zero attached hydrogens (tertiary/aromatic N) is 8. The van der Waals surface area contributed by atoms with Gasteiger partial charge in [-0.2, -0.15) is 0 Å². The lowest BCUT2D eigenvalue weighted by Gasteiger charge is -2.16. The van der Waals surface area contributed by atoms with Gasteiger partial charge in [0.2, 0.25) is 0 Å². The fourth-order valence-electron chi connectivity index (χ4n) is 21.1. The molecule has 29 rings (SSSR count). The molecule has 0 aliphatic rings. The molecule has 20 aromatic carbocycles. The third kappa shape index (κ3) is 13.4. The molecule has 0 bridgehead atoms. The molecular weight excluding hydrogens is 1750 g/mol. The number of fused-ring (bicyclic) bond motifs is 21. The van der Waals surface area contributed by atoms with Crippen molar-refractivity contribution in [2.45, 2.75) is 0 Å². The maximum Gasteiger partial charge on any atom is 0.164 e. The van der Waals surface area contributed by atoms with Crippen molar-refractivity contribution in [1.29, 1.82) is 0 Å². The van der Waals surface area contributed by atoms with Gasteiger partial charge >= 0.3 is 0 Å². The van der Waals surface area contributed by atoms with Crippen molar-refractivity contribution < 1.29 is 8.83 Å². The van der Waals surface area contributed by atoms with Crippen molar-refractivity contribution in [3.05, 3.63) is 449 Å². The minimum absolute atomic E-state index is 0.570. The SMILES string of the molecule is c1ccc(-c2cccc(-c3nc(-c4cccc(-c5ccccc5)c4)nc(-c4cccc5oc6ccc(-c7c(-n8c9ccccc9c9ccccc98)ccc8sc9ccccc9c78)cc6c45)n3)c2)cc1.c1ccc(-c2nc(-c3ccc4c(c3)c3ccccc3n4-c3ccccc3)nc(-c3cccc4oc5ccc(-c6c(-c7ccc8c(c7)sc7ccccc78)ccc7sc8ccccc8c67)cc5c34)n2)cc1. The molecule has 0 amide bonds. The van der Waals surface area contributed by atoms with Crippen molar-refractivity contribution in [1.82, 2.24) is 39.0 Å². The zero-order chi connectivity index (χ0) is 91.3. The highest BCUT2D eigenvalue weighted by Gasteiger charge is 2.28. The van der Waals surface area contributed by atoms with Gasteiger partial charge in [-0.05, 0) is 190 Å². The van der Waals surface area contributed by atoms with E-state index in [1.165, 1.54) is 110 Å². The van der Waals surface area contributed by atoms with E-state index in [2.05, 4.69) is 403 Å². The third-order valence-electron chi connectivity index (χ3n) is 27.3. The normalized spacial score (nSPS) is 11.9. The van der Waals surface area contributed by atoms with Crippen LogP contribution >= 0.6 is 34.0 Å². The monoisotopic (exact) mass is 1830 g/mol. The third-order valence-corrected chi connectivity index (χ3v) is 30.7. The van der Waals surface area contributed by atoms with Gasteiger partial charge in [0, 0.05) is 148 Å². The van der Waals surface area contributed by atoms with E-state index in [4.69, 9.17) is 38.7 Å².